The molecule has 1 aromatic carbocycles. The van der Waals surface area contributed by atoms with Crippen molar-refractivity contribution in [2.45, 2.75) is 26.5 Å². The van der Waals surface area contributed by atoms with Crippen molar-refractivity contribution >= 4 is 11.8 Å². The minimum atomic E-state index is -0.236. The largest absolute Gasteiger partial charge is 0.431 e. The second kappa shape index (κ2) is 8.90. The second-order valence-electron chi connectivity index (χ2n) is 6.70. The molecule has 1 N–H and O–H groups in total. The van der Waals surface area contributed by atoms with E-state index in [0.717, 1.165) is 11.3 Å². The molecule has 28 heavy (non-hydrogen) atoms. The van der Waals surface area contributed by atoms with E-state index in [1.165, 1.54) is 4.90 Å². The third kappa shape index (κ3) is 4.35. The number of ether oxygens (including phenoxy) is 2. The summed E-state index contributed by atoms with van der Waals surface area (Å²) in [6.07, 6.45) is 0.488. The van der Waals surface area contributed by atoms with E-state index >= 15 is 0 Å². The van der Waals surface area contributed by atoms with Crippen LogP contribution in [0.25, 0.3) is 0 Å². The fraction of sp³-hybridized carbons (Fsp3) is 0.400. The average Bonchev–Trinajstić information content (AvgIpc) is 2.99. The smallest absolute Gasteiger partial charge is 0.327 e. The molecular weight excluding hydrogens is 360 g/mol. The minimum absolute atomic E-state index is 0. The topological polar surface area (TPSA) is 80.1 Å². The van der Waals surface area contributed by atoms with Crippen LogP contribution in [0.5, 0.6) is 6.01 Å². The first-order chi connectivity index (χ1) is 13.5. The fourth-order valence-electron chi connectivity index (χ4n) is 3.06. The first kappa shape index (κ1) is 19.9. The highest BCUT2D eigenvalue weighted by Gasteiger charge is 2.29. The summed E-state index contributed by atoms with van der Waals surface area (Å²) in [5.74, 6) is 0.998. The Bertz CT molecular complexity index is 841. The van der Waals surface area contributed by atoms with Crippen molar-refractivity contribution in [2.75, 3.05) is 31.8 Å². The number of anilines is 1. The zero-order chi connectivity index (χ0) is 20.1. The number of carbonyl (C=O) groups excluding carboxylic acids is 1. The summed E-state index contributed by atoms with van der Waals surface area (Å²) < 4.78 is 13.4. The van der Waals surface area contributed by atoms with Gasteiger partial charge in [-0.15, -0.1) is 0 Å². The number of aromatic nitrogens is 2. The van der Waals surface area contributed by atoms with Crippen LogP contribution in [0.1, 0.15) is 26.0 Å². The zero-order valence-electron chi connectivity index (χ0n) is 16.3. The van der Waals surface area contributed by atoms with Crippen LogP contribution >= 0.6 is 0 Å². The molecule has 8 heteroatoms. The van der Waals surface area contributed by atoms with Gasteiger partial charge in [0.1, 0.15) is 6.73 Å². The van der Waals surface area contributed by atoms with E-state index in [-0.39, 0.29) is 27.4 Å². The van der Waals surface area contributed by atoms with Crippen LogP contribution < -0.4 is 9.64 Å². The van der Waals surface area contributed by atoms with Crippen LogP contribution in [-0.4, -0.2) is 52.5 Å². The molecule has 1 aliphatic heterocycles. The molecule has 0 saturated heterocycles. The van der Waals surface area contributed by atoms with Crippen molar-refractivity contribution in [1.29, 1.82) is 0 Å². The Morgan fingerprint density at radius 2 is 2.14 bits per heavy atom. The Morgan fingerprint density at radius 3 is 2.82 bits per heavy atom. The van der Waals surface area contributed by atoms with E-state index in [9.17, 15) is 4.79 Å². The maximum absolute atomic E-state index is 12.9. The number of amides is 2. The lowest BCUT2D eigenvalue weighted by atomic mass is 10.2. The molecule has 2 amide bonds. The number of fused-ring (bicyclic) bond motifs is 1. The van der Waals surface area contributed by atoms with Crippen LogP contribution in [0.4, 0.5) is 10.6 Å². The molecule has 8 nitrogen and oxygen atoms in total. The third-order valence-electron chi connectivity index (χ3n) is 4.41. The molecule has 2 aromatic rings. The number of imidazole rings is 1. The van der Waals surface area contributed by atoms with Gasteiger partial charge in [-0.05, 0) is 18.9 Å². The number of carbonyl (C=O) groups is 1. The highest BCUT2D eigenvalue weighted by Crippen LogP contribution is 2.30. The number of aliphatic hydroxyl groups excluding tert-OH is 1. The SMILES string of the molecule is C=C(C)Oc1nc2c(n1Cc1ccccc1)COCN(CCCO)C(=O)N2C.[HH]. The van der Waals surface area contributed by atoms with Gasteiger partial charge < -0.3 is 19.5 Å². The van der Waals surface area contributed by atoms with E-state index in [2.05, 4.69) is 11.6 Å². The molecule has 0 aliphatic carbocycles. The Hall–Kier alpha value is -2.84. The number of aliphatic hydroxyl groups is 1. The molecule has 0 fully saturated rings. The maximum atomic E-state index is 12.9. The normalized spacial score (nSPS) is 14.5. The summed E-state index contributed by atoms with van der Waals surface area (Å²) in [6.45, 7) is 6.94. The second-order valence-corrected chi connectivity index (χ2v) is 6.70. The summed E-state index contributed by atoms with van der Waals surface area (Å²) in [7, 11) is 1.68. The zero-order valence-corrected chi connectivity index (χ0v) is 16.3. The number of rotatable bonds is 7. The van der Waals surface area contributed by atoms with E-state index < -0.39 is 0 Å². The van der Waals surface area contributed by atoms with Crippen molar-refractivity contribution in [3.63, 3.8) is 0 Å². The molecule has 0 bridgehead atoms. The van der Waals surface area contributed by atoms with Gasteiger partial charge in [0.25, 0.3) is 0 Å². The molecule has 152 valence electrons. The number of allylic oxidation sites excluding steroid dienone is 1. The number of urea groups is 1. The van der Waals surface area contributed by atoms with E-state index in [1.807, 2.05) is 34.9 Å². The summed E-state index contributed by atoms with van der Waals surface area (Å²) >= 11 is 0. The Balaban J connectivity index is 0.00000300. The molecule has 0 unspecified atom stereocenters. The van der Waals surface area contributed by atoms with Crippen LogP contribution in [0.15, 0.2) is 42.7 Å². The van der Waals surface area contributed by atoms with E-state index in [4.69, 9.17) is 14.6 Å². The van der Waals surface area contributed by atoms with Gasteiger partial charge >= 0.3 is 12.0 Å². The Kier molecular flexibility index (Phi) is 6.33. The van der Waals surface area contributed by atoms with Gasteiger partial charge in [0.15, 0.2) is 5.82 Å². The van der Waals surface area contributed by atoms with Crippen LogP contribution in [0.3, 0.4) is 0 Å². The molecule has 1 aromatic heterocycles. The number of nitrogens with zero attached hydrogens (tertiary/aromatic N) is 4. The highest BCUT2D eigenvalue weighted by atomic mass is 16.5. The predicted molar refractivity (Wildman–Crippen MR) is 107 cm³/mol. The molecule has 3 rings (SSSR count). The molecule has 0 saturated carbocycles. The van der Waals surface area contributed by atoms with Crippen molar-refractivity contribution < 1.29 is 20.8 Å². The lowest BCUT2D eigenvalue weighted by Crippen LogP contribution is -2.45. The fourth-order valence-corrected chi connectivity index (χ4v) is 3.06. The Morgan fingerprint density at radius 1 is 1.39 bits per heavy atom. The minimum Gasteiger partial charge on any atom is -0.431 e. The standard InChI is InChI=1S/C20H26N4O4.H2/c1-15(2)28-19-21-18-17(24(19)12-16-8-5-4-6-9-16)13-27-14-23(10-7-11-25)20(26)22(18)3;/h4-6,8-9,25H,1,7,10-14H2,2-3H3;1H. The van der Waals surface area contributed by atoms with Gasteiger partial charge in [0.2, 0.25) is 0 Å². The average molecular weight is 388 g/mol. The summed E-state index contributed by atoms with van der Waals surface area (Å²) in [4.78, 5) is 20.5. The van der Waals surface area contributed by atoms with Gasteiger partial charge in [-0.1, -0.05) is 36.9 Å². The van der Waals surface area contributed by atoms with E-state index in [0.29, 0.717) is 37.1 Å². The summed E-state index contributed by atoms with van der Waals surface area (Å²) in [5.41, 5.74) is 1.84. The van der Waals surface area contributed by atoms with Gasteiger partial charge in [-0.3, -0.25) is 9.47 Å². The first-order valence-corrected chi connectivity index (χ1v) is 9.19. The van der Waals surface area contributed by atoms with Crippen LogP contribution in [0, 0.1) is 0 Å². The van der Waals surface area contributed by atoms with Crippen molar-refractivity contribution in [2.24, 2.45) is 0 Å². The first-order valence-electron chi connectivity index (χ1n) is 9.19. The lowest BCUT2D eigenvalue weighted by molar-refractivity contribution is 0.0319. The van der Waals surface area contributed by atoms with Crippen molar-refractivity contribution in [1.82, 2.24) is 14.5 Å². The van der Waals surface area contributed by atoms with Gasteiger partial charge in [-0.2, -0.15) is 4.98 Å². The molecule has 1 aliphatic rings. The monoisotopic (exact) mass is 388 g/mol. The van der Waals surface area contributed by atoms with Crippen molar-refractivity contribution in [3.05, 3.63) is 53.9 Å². The lowest BCUT2D eigenvalue weighted by Gasteiger charge is -2.29. The van der Waals surface area contributed by atoms with Gasteiger partial charge in [0, 0.05) is 21.6 Å². The summed E-state index contributed by atoms with van der Waals surface area (Å²) in [6, 6.07) is 10.1. The third-order valence-corrected chi connectivity index (χ3v) is 4.41. The van der Waals surface area contributed by atoms with Gasteiger partial charge in [0.05, 0.1) is 24.6 Å². The van der Waals surface area contributed by atoms with Crippen LogP contribution in [0.2, 0.25) is 0 Å². The number of hydrogen-bond donors (Lipinski definition) is 1. The molecule has 2 heterocycles. The highest BCUT2D eigenvalue weighted by molar-refractivity contribution is 5.91. The molecule has 0 radical (unpaired) electrons. The summed E-state index contributed by atoms with van der Waals surface area (Å²) in [5, 5.41) is 9.06. The van der Waals surface area contributed by atoms with Crippen molar-refractivity contribution in [3.8, 4) is 6.01 Å². The molecule has 0 atom stereocenters. The Labute approximate surface area is 166 Å². The maximum Gasteiger partial charge on any atom is 0.327 e. The molecular formula is C20H28N4O4. The molecule has 0 spiro atoms. The van der Waals surface area contributed by atoms with Gasteiger partial charge in [-0.25, -0.2) is 4.79 Å². The van der Waals surface area contributed by atoms with Crippen LogP contribution in [-0.2, 0) is 17.9 Å². The number of benzene rings is 1. The number of hydrogen-bond acceptors (Lipinski definition) is 5. The quantitative estimate of drug-likeness (QED) is 0.738. The van der Waals surface area contributed by atoms with E-state index in [1.54, 1.807) is 18.9 Å². The predicted octanol–water partition coefficient (Wildman–Crippen LogP) is 2.82.